The Morgan fingerprint density at radius 2 is 0.753 bits per heavy atom. The summed E-state index contributed by atoms with van der Waals surface area (Å²) in [6.45, 7) is 2.79. The highest BCUT2D eigenvalue weighted by atomic mass is 16.7. The van der Waals surface area contributed by atoms with Crippen molar-refractivity contribution in [3.8, 4) is 0 Å². The van der Waals surface area contributed by atoms with Crippen molar-refractivity contribution < 1.29 is 64.6 Å². The van der Waals surface area contributed by atoms with Crippen LogP contribution in [0.2, 0.25) is 0 Å². The van der Waals surface area contributed by atoms with Gasteiger partial charge >= 0.3 is 0 Å². The van der Waals surface area contributed by atoms with Crippen molar-refractivity contribution in [1.29, 1.82) is 0 Å². The van der Waals surface area contributed by atoms with Crippen LogP contribution in [0.3, 0.4) is 0 Å². The van der Waals surface area contributed by atoms with Gasteiger partial charge in [-0.25, -0.2) is 0 Å². The lowest BCUT2D eigenvalue weighted by Crippen LogP contribution is -2.65. The minimum absolute atomic E-state index is 0.249. The van der Waals surface area contributed by atoms with Gasteiger partial charge in [0.15, 0.2) is 12.6 Å². The first kappa shape index (κ1) is 79.0. The molecule has 498 valence electrons. The fraction of sp³-hybridized carbons (Fsp3) is 0.873. The molecule has 2 aliphatic rings. The molecule has 12 atom stereocenters. The van der Waals surface area contributed by atoms with E-state index in [2.05, 4.69) is 55.6 Å². The number of amides is 1. The lowest BCUT2D eigenvalue weighted by molar-refractivity contribution is -0.359. The Morgan fingerprint density at radius 1 is 0.412 bits per heavy atom. The van der Waals surface area contributed by atoms with Gasteiger partial charge in [0, 0.05) is 6.42 Å². The molecule has 1 amide bonds. The van der Waals surface area contributed by atoms with Gasteiger partial charge in [-0.05, 0) is 70.6 Å². The van der Waals surface area contributed by atoms with Crippen LogP contribution in [0.1, 0.15) is 303 Å². The molecule has 12 unspecified atom stereocenters. The molecule has 85 heavy (non-hydrogen) atoms. The van der Waals surface area contributed by atoms with Crippen molar-refractivity contribution >= 4 is 5.91 Å². The molecule has 0 radical (unpaired) electrons. The molecule has 0 bridgehead atoms. The number of unbranched alkanes of at least 4 members (excludes halogenated alkanes) is 39. The van der Waals surface area contributed by atoms with Crippen molar-refractivity contribution in [2.75, 3.05) is 19.8 Å². The number of aliphatic hydroxyl groups excluding tert-OH is 8. The van der Waals surface area contributed by atoms with E-state index in [0.717, 1.165) is 44.9 Å². The number of hydrogen-bond acceptors (Lipinski definition) is 13. The zero-order valence-electron chi connectivity index (χ0n) is 54.1. The Balaban J connectivity index is 1.61. The van der Waals surface area contributed by atoms with E-state index in [0.29, 0.717) is 12.8 Å². The minimum atomic E-state index is -1.79. The summed E-state index contributed by atoms with van der Waals surface area (Å²) in [5, 5.41) is 87.2. The van der Waals surface area contributed by atoms with Crippen molar-refractivity contribution in [3.63, 3.8) is 0 Å². The first-order valence-corrected chi connectivity index (χ1v) is 35.4. The molecule has 0 aromatic carbocycles. The van der Waals surface area contributed by atoms with E-state index in [-0.39, 0.29) is 18.9 Å². The van der Waals surface area contributed by atoms with Gasteiger partial charge in [0.2, 0.25) is 5.91 Å². The standard InChI is InChI=1S/C71H131NO13/c1-3-5-7-9-11-13-15-17-19-21-22-23-24-25-26-27-28-29-30-31-32-33-34-35-36-37-38-39-41-43-45-47-49-51-53-55-63(76)72-59(60(75)54-52-50-48-46-44-42-40-20-18-16-14-12-10-8-6-4-2)58-82-70-68(81)66(79)69(62(57-74)84-70)85-71-67(80)65(78)64(77)61(56-73)83-71/h18,20-22,44,46,52,54,59-62,64-71,73-75,77-81H,3-17,19,23-43,45,47-51,53,55-58H2,1-2H3,(H,72,76)/b20-18+,22-21-,46-44+,54-52+. The second kappa shape index (κ2) is 56.0. The number of hydrogen-bond donors (Lipinski definition) is 9. The number of rotatable bonds is 58. The van der Waals surface area contributed by atoms with E-state index in [4.69, 9.17) is 18.9 Å². The van der Waals surface area contributed by atoms with Crippen LogP contribution in [0, 0.1) is 0 Å². The van der Waals surface area contributed by atoms with Crippen LogP contribution in [-0.4, -0.2) is 140 Å². The van der Waals surface area contributed by atoms with Crippen LogP contribution in [0.4, 0.5) is 0 Å². The SMILES string of the molecule is CCCCCCCC/C=C/CC/C=C/CC/C=C/C(O)C(COC1OC(CO)C(OC2OC(CO)C(O)C(O)C2O)C(O)C1O)NC(=O)CCCCCCCCCCCCCCCCCCCCCCCCC/C=C\CCCCCCCCCC. The highest BCUT2D eigenvalue weighted by Gasteiger charge is 2.51. The van der Waals surface area contributed by atoms with Crippen LogP contribution < -0.4 is 5.32 Å². The molecular weight excluding hydrogens is 1070 g/mol. The highest BCUT2D eigenvalue weighted by Crippen LogP contribution is 2.30. The molecule has 2 aliphatic heterocycles. The summed E-state index contributed by atoms with van der Waals surface area (Å²) in [5.74, 6) is -0.249. The third-order valence-corrected chi connectivity index (χ3v) is 17.2. The van der Waals surface area contributed by atoms with Crippen molar-refractivity contribution in [2.24, 2.45) is 0 Å². The maximum absolute atomic E-state index is 13.3. The van der Waals surface area contributed by atoms with Crippen LogP contribution >= 0.6 is 0 Å². The van der Waals surface area contributed by atoms with Gasteiger partial charge < -0.3 is 65.1 Å². The smallest absolute Gasteiger partial charge is 0.220 e. The average molecular weight is 1210 g/mol. The summed E-state index contributed by atoms with van der Waals surface area (Å²) in [6, 6.07) is -0.937. The van der Waals surface area contributed by atoms with Crippen LogP contribution in [0.5, 0.6) is 0 Å². The first-order valence-electron chi connectivity index (χ1n) is 35.4. The predicted molar refractivity (Wildman–Crippen MR) is 346 cm³/mol. The number of nitrogens with one attached hydrogen (secondary N) is 1. The fourth-order valence-corrected chi connectivity index (χ4v) is 11.6. The van der Waals surface area contributed by atoms with Crippen molar-refractivity contribution in [1.82, 2.24) is 5.32 Å². The first-order chi connectivity index (χ1) is 41.6. The highest BCUT2D eigenvalue weighted by molar-refractivity contribution is 5.76. The Kier molecular flexibility index (Phi) is 52.1. The molecular formula is C71H131NO13. The van der Waals surface area contributed by atoms with E-state index in [9.17, 15) is 45.6 Å². The Morgan fingerprint density at radius 3 is 1.15 bits per heavy atom. The summed E-state index contributed by atoms with van der Waals surface area (Å²) in [7, 11) is 0. The van der Waals surface area contributed by atoms with Gasteiger partial charge in [0.25, 0.3) is 0 Å². The Bertz CT molecular complexity index is 1610. The fourth-order valence-electron chi connectivity index (χ4n) is 11.6. The number of allylic oxidation sites excluding steroid dienone is 7. The Hall–Kier alpha value is -2.05. The summed E-state index contributed by atoms with van der Waals surface area (Å²) in [5.41, 5.74) is 0. The monoisotopic (exact) mass is 1210 g/mol. The third-order valence-electron chi connectivity index (χ3n) is 17.2. The molecule has 2 saturated heterocycles. The molecule has 0 spiro atoms. The maximum Gasteiger partial charge on any atom is 0.220 e. The minimum Gasteiger partial charge on any atom is -0.394 e. The molecule has 2 heterocycles. The maximum atomic E-state index is 13.3. The van der Waals surface area contributed by atoms with Gasteiger partial charge in [-0.2, -0.15) is 0 Å². The van der Waals surface area contributed by atoms with Crippen molar-refractivity contribution in [2.45, 2.75) is 376 Å². The van der Waals surface area contributed by atoms with Gasteiger partial charge in [-0.1, -0.05) is 274 Å². The molecule has 0 saturated carbocycles. The number of ether oxygens (including phenoxy) is 4. The summed E-state index contributed by atoms with van der Waals surface area (Å²) >= 11 is 0. The zero-order valence-corrected chi connectivity index (χ0v) is 54.1. The van der Waals surface area contributed by atoms with Crippen LogP contribution in [0.25, 0.3) is 0 Å². The normalized spacial score (nSPS) is 23.8. The molecule has 2 fully saturated rings. The van der Waals surface area contributed by atoms with E-state index in [1.165, 1.54) is 225 Å². The zero-order chi connectivity index (χ0) is 61.6. The van der Waals surface area contributed by atoms with Gasteiger partial charge in [0.05, 0.1) is 32.0 Å². The Labute approximate surface area is 518 Å². The van der Waals surface area contributed by atoms with Gasteiger partial charge in [-0.3, -0.25) is 4.79 Å². The summed E-state index contributed by atoms with van der Waals surface area (Å²) < 4.78 is 22.8. The van der Waals surface area contributed by atoms with E-state index < -0.39 is 86.8 Å². The quantitative estimate of drug-likeness (QED) is 0.0204. The van der Waals surface area contributed by atoms with Crippen molar-refractivity contribution in [3.05, 3.63) is 48.6 Å². The van der Waals surface area contributed by atoms with Gasteiger partial charge in [-0.15, -0.1) is 0 Å². The van der Waals surface area contributed by atoms with E-state index in [1.807, 2.05) is 6.08 Å². The topological polar surface area (TPSA) is 228 Å². The molecule has 0 aromatic heterocycles. The van der Waals surface area contributed by atoms with Crippen LogP contribution in [0.15, 0.2) is 48.6 Å². The third kappa shape index (κ3) is 40.3. The number of carbonyl (C=O) groups is 1. The molecule has 2 rings (SSSR count). The summed E-state index contributed by atoms with van der Waals surface area (Å²) in [6.07, 6.45) is 56.2. The molecule has 0 aliphatic carbocycles. The van der Waals surface area contributed by atoms with Gasteiger partial charge in [0.1, 0.15) is 48.8 Å². The van der Waals surface area contributed by atoms with E-state index in [1.54, 1.807) is 6.08 Å². The number of carbonyl (C=O) groups excluding carboxylic acids is 1. The average Bonchev–Trinajstić information content (AvgIpc) is 3.69. The molecule has 9 N–H and O–H groups in total. The number of aliphatic hydroxyl groups is 8. The van der Waals surface area contributed by atoms with Crippen LogP contribution in [-0.2, 0) is 23.7 Å². The predicted octanol–water partition coefficient (Wildman–Crippen LogP) is 14.3. The molecule has 0 aromatic rings. The lowest BCUT2D eigenvalue weighted by Gasteiger charge is -2.46. The van der Waals surface area contributed by atoms with E-state index >= 15 is 0 Å². The second-order valence-corrected chi connectivity index (χ2v) is 25.0. The lowest BCUT2D eigenvalue weighted by atomic mass is 9.97. The largest absolute Gasteiger partial charge is 0.394 e. The molecule has 14 nitrogen and oxygen atoms in total. The second-order valence-electron chi connectivity index (χ2n) is 25.0. The summed E-state index contributed by atoms with van der Waals surface area (Å²) in [4.78, 5) is 13.3. The molecule has 14 heteroatoms.